The minimum atomic E-state index is -0.616. The van der Waals surface area contributed by atoms with Gasteiger partial charge in [0.1, 0.15) is 0 Å². The molecule has 0 bridgehead atoms. The Kier molecular flexibility index (Phi) is 7.29. The number of carbonyl (C=O) groups excluding carboxylic acids is 2. The van der Waals surface area contributed by atoms with Crippen LogP contribution in [-0.4, -0.2) is 22.8 Å². The molecule has 0 saturated heterocycles. The zero-order chi connectivity index (χ0) is 27.0. The Morgan fingerprint density at radius 3 is 2.33 bits per heavy atom. The van der Waals surface area contributed by atoms with Crippen molar-refractivity contribution < 1.29 is 14.7 Å². The molecular weight excluding hydrogens is 444 g/mol. The lowest BCUT2D eigenvalue weighted by atomic mass is 9.35. The Balaban J connectivity index is 1.72. The molecule has 3 heteroatoms. The summed E-state index contributed by atoms with van der Waals surface area (Å²) in [7, 11) is 0. The van der Waals surface area contributed by atoms with E-state index < -0.39 is 5.41 Å². The molecule has 0 amide bonds. The molecule has 0 aromatic rings. The highest BCUT2D eigenvalue weighted by Gasteiger charge is 2.69. The first kappa shape index (κ1) is 28.1. The predicted molar refractivity (Wildman–Crippen MR) is 147 cm³/mol. The Bertz CT molecular complexity index is 931. The van der Waals surface area contributed by atoms with Gasteiger partial charge in [0.15, 0.2) is 11.6 Å². The van der Waals surface area contributed by atoms with Gasteiger partial charge in [-0.15, -0.1) is 0 Å². The second kappa shape index (κ2) is 9.35. The SMILES string of the molecule is CC(=O)C1=C(C)CC2(C)CC3(C)CC4C(CCC(C)C(C)C)CCC(C)C4C(O)C3C(C)C2(C)C1=O. The highest BCUT2D eigenvalue weighted by molar-refractivity contribution is 6.22. The van der Waals surface area contributed by atoms with Crippen LogP contribution in [0.5, 0.6) is 0 Å². The third-order valence-corrected chi connectivity index (χ3v) is 12.8. The maximum absolute atomic E-state index is 14.1. The molecule has 3 saturated carbocycles. The van der Waals surface area contributed by atoms with Crippen LogP contribution in [0.1, 0.15) is 114 Å². The summed E-state index contributed by atoms with van der Waals surface area (Å²) in [6.07, 6.45) is 7.66. The van der Waals surface area contributed by atoms with Gasteiger partial charge in [0.25, 0.3) is 0 Å². The van der Waals surface area contributed by atoms with E-state index in [4.69, 9.17) is 0 Å². The molecule has 0 aliphatic heterocycles. The summed E-state index contributed by atoms with van der Waals surface area (Å²) >= 11 is 0. The van der Waals surface area contributed by atoms with Crippen LogP contribution in [0.4, 0.5) is 0 Å². The fraction of sp³-hybridized carbons (Fsp3) is 0.879. The van der Waals surface area contributed by atoms with Crippen LogP contribution in [0.15, 0.2) is 11.1 Å². The molecule has 4 aliphatic rings. The van der Waals surface area contributed by atoms with Crippen LogP contribution in [-0.2, 0) is 9.59 Å². The van der Waals surface area contributed by atoms with E-state index in [9.17, 15) is 14.7 Å². The van der Waals surface area contributed by atoms with Gasteiger partial charge in [0, 0.05) is 5.41 Å². The van der Waals surface area contributed by atoms with E-state index in [1.54, 1.807) is 6.92 Å². The van der Waals surface area contributed by atoms with E-state index in [-0.39, 0.29) is 40.3 Å². The lowest BCUT2D eigenvalue weighted by molar-refractivity contribution is -0.222. The van der Waals surface area contributed by atoms with Crippen molar-refractivity contribution in [2.75, 3.05) is 0 Å². The number of allylic oxidation sites excluding steroid dienone is 2. The van der Waals surface area contributed by atoms with Gasteiger partial charge in [-0.3, -0.25) is 9.59 Å². The number of hydrogen-bond acceptors (Lipinski definition) is 3. The summed E-state index contributed by atoms with van der Waals surface area (Å²) in [5, 5.41) is 12.2. The average molecular weight is 499 g/mol. The first-order chi connectivity index (χ1) is 16.6. The van der Waals surface area contributed by atoms with Crippen LogP contribution < -0.4 is 0 Å². The third-order valence-electron chi connectivity index (χ3n) is 12.8. The van der Waals surface area contributed by atoms with Gasteiger partial charge in [0.2, 0.25) is 0 Å². The summed E-state index contributed by atoms with van der Waals surface area (Å²) < 4.78 is 0. The smallest absolute Gasteiger partial charge is 0.173 e. The minimum Gasteiger partial charge on any atom is -0.392 e. The number of fused-ring (bicyclic) bond motifs is 3. The number of Topliss-reactive ketones (excluding diaryl/α,β-unsaturated/α-hetero) is 2. The van der Waals surface area contributed by atoms with Crippen LogP contribution in [0, 0.1) is 63.6 Å². The van der Waals surface area contributed by atoms with E-state index in [0.29, 0.717) is 29.2 Å². The zero-order valence-corrected chi connectivity index (χ0v) is 24.9. The topological polar surface area (TPSA) is 54.4 Å². The number of carbonyl (C=O) groups is 2. The fourth-order valence-corrected chi connectivity index (χ4v) is 10.4. The van der Waals surface area contributed by atoms with Gasteiger partial charge in [-0.2, -0.15) is 0 Å². The highest BCUT2D eigenvalue weighted by Crippen LogP contribution is 2.71. The molecule has 0 heterocycles. The van der Waals surface area contributed by atoms with Crippen molar-refractivity contribution in [1.29, 1.82) is 0 Å². The predicted octanol–water partition coefficient (Wildman–Crippen LogP) is 7.66. The summed E-state index contributed by atoms with van der Waals surface area (Å²) in [5.74, 6) is 3.69. The molecule has 0 radical (unpaired) electrons. The molecule has 0 spiro atoms. The largest absolute Gasteiger partial charge is 0.392 e. The summed E-state index contributed by atoms with van der Waals surface area (Å²) in [6, 6.07) is 0. The van der Waals surface area contributed by atoms with E-state index in [1.165, 1.54) is 32.1 Å². The molecule has 1 N–H and O–H groups in total. The first-order valence-corrected chi connectivity index (χ1v) is 15.0. The lowest BCUT2D eigenvalue weighted by Crippen LogP contribution is -2.67. The standard InChI is InChI=1S/C33H54O3/c1-18(2)19(3)11-13-24-14-12-20(4)27-25(24)16-31(8)17-32(9)15-21(5)26(23(7)34)30(36)33(32,10)22(6)28(31)29(27)35/h18-20,22,24-25,27-29,35H,11-17H2,1-10H3. The number of ketones is 2. The Labute approximate surface area is 221 Å². The van der Waals surface area contributed by atoms with Crippen molar-refractivity contribution in [3.63, 3.8) is 0 Å². The van der Waals surface area contributed by atoms with E-state index in [2.05, 4.69) is 55.4 Å². The Hall–Kier alpha value is -0.960. The Morgan fingerprint density at radius 2 is 1.75 bits per heavy atom. The molecule has 36 heavy (non-hydrogen) atoms. The molecule has 4 rings (SSSR count). The number of aliphatic hydroxyl groups excluding tert-OH is 1. The first-order valence-electron chi connectivity index (χ1n) is 15.0. The van der Waals surface area contributed by atoms with E-state index in [0.717, 1.165) is 30.3 Å². The monoisotopic (exact) mass is 498 g/mol. The van der Waals surface area contributed by atoms with Crippen molar-refractivity contribution in [2.24, 2.45) is 63.6 Å². The average Bonchev–Trinajstić information content (AvgIpc) is 2.74. The molecule has 11 atom stereocenters. The molecule has 11 unspecified atom stereocenters. The van der Waals surface area contributed by atoms with Crippen LogP contribution in [0.25, 0.3) is 0 Å². The van der Waals surface area contributed by atoms with Crippen LogP contribution >= 0.6 is 0 Å². The second-order valence-corrected chi connectivity index (χ2v) is 15.2. The maximum Gasteiger partial charge on any atom is 0.173 e. The summed E-state index contributed by atoms with van der Waals surface area (Å²) in [4.78, 5) is 26.6. The number of hydrogen-bond donors (Lipinski definition) is 1. The van der Waals surface area contributed by atoms with Gasteiger partial charge >= 0.3 is 0 Å². The second-order valence-electron chi connectivity index (χ2n) is 15.2. The van der Waals surface area contributed by atoms with Gasteiger partial charge in [-0.05, 0) is 104 Å². The molecular formula is C33H54O3. The zero-order valence-electron chi connectivity index (χ0n) is 24.9. The normalized spacial score (nSPS) is 47.8. The van der Waals surface area contributed by atoms with E-state index >= 15 is 0 Å². The Morgan fingerprint density at radius 1 is 1.11 bits per heavy atom. The summed E-state index contributed by atoms with van der Waals surface area (Å²) in [6.45, 7) is 22.1. The van der Waals surface area contributed by atoms with Gasteiger partial charge in [-0.25, -0.2) is 0 Å². The molecule has 0 aromatic carbocycles. The highest BCUT2D eigenvalue weighted by atomic mass is 16.3. The molecule has 3 fully saturated rings. The van der Waals surface area contributed by atoms with Crippen molar-refractivity contribution in [3.8, 4) is 0 Å². The maximum atomic E-state index is 14.1. The fourth-order valence-electron chi connectivity index (χ4n) is 10.4. The molecule has 204 valence electrons. The van der Waals surface area contributed by atoms with Gasteiger partial charge in [-0.1, -0.05) is 73.8 Å². The molecule has 3 nitrogen and oxygen atoms in total. The van der Waals surface area contributed by atoms with Crippen LogP contribution in [0.3, 0.4) is 0 Å². The lowest BCUT2D eigenvalue weighted by Gasteiger charge is -2.68. The third kappa shape index (κ3) is 4.00. The number of aliphatic hydroxyl groups is 1. The van der Waals surface area contributed by atoms with Crippen molar-refractivity contribution in [1.82, 2.24) is 0 Å². The van der Waals surface area contributed by atoms with E-state index in [1.807, 2.05) is 6.92 Å². The van der Waals surface area contributed by atoms with Gasteiger partial charge in [0.05, 0.1) is 11.7 Å². The van der Waals surface area contributed by atoms with Gasteiger partial charge < -0.3 is 5.11 Å². The van der Waals surface area contributed by atoms with Crippen molar-refractivity contribution in [2.45, 2.75) is 120 Å². The van der Waals surface area contributed by atoms with Crippen LogP contribution in [0.2, 0.25) is 0 Å². The molecule has 0 aromatic heterocycles. The van der Waals surface area contributed by atoms with Crippen molar-refractivity contribution >= 4 is 11.6 Å². The van der Waals surface area contributed by atoms with Crippen molar-refractivity contribution in [3.05, 3.63) is 11.1 Å². The minimum absolute atomic E-state index is 0.0154. The summed E-state index contributed by atoms with van der Waals surface area (Å²) in [5.41, 5.74) is 0.630. The molecule has 4 aliphatic carbocycles. The number of rotatable bonds is 5. The quantitative estimate of drug-likeness (QED) is 0.396.